The van der Waals surface area contributed by atoms with Gasteiger partial charge in [0.15, 0.2) is 0 Å². The maximum Gasteiger partial charge on any atom is 0.243 e. The largest absolute Gasteiger partial charge is 0.497 e. The molecule has 3 aromatic carbocycles. The smallest absolute Gasteiger partial charge is 0.243 e. The summed E-state index contributed by atoms with van der Waals surface area (Å²) in [5.74, 6) is 0.406. The van der Waals surface area contributed by atoms with Crippen molar-refractivity contribution in [3.63, 3.8) is 0 Å². The lowest BCUT2D eigenvalue weighted by Crippen LogP contribution is -2.42. The molecule has 7 nitrogen and oxygen atoms in total. The fraction of sp³-hybridized carbons (Fsp3) is 0.250. The first kappa shape index (κ1) is 21.8. The lowest BCUT2D eigenvalue weighted by molar-refractivity contribution is -0.131. The molecule has 0 N–H and O–H groups in total. The van der Waals surface area contributed by atoms with Crippen molar-refractivity contribution >= 4 is 26.7 Å². The number of likely N-dealkylation sites (N-methyl/N-ethyl adjacent to an activating group) is 1. The molecule has 0 bridgehead atoms. The van der Waals surface area contributed by atoms with Crippen LogP contribution in [0.25, 0.3) is 10.8 Å². The lowest BCUT2D eigenvalue weighted by Gasteiger charge is -2.24. The van der Waals surface area contributed by atoms with Crippen LogP contribution in [0.5, 0.6) is 5.75 Å². The molecule has 1 heterocycles. The van der Waals surface area contributed by atoms with Crippen molar-refractivity contribution < 1.29 is 17.9 Å². The van der Waals surface area contributed by atoms with Gasteiger partial charge < -0.3 is 9.64 Å². The number of fused-ring (bicyclic) bond motifs is 1. The minimum absolute atomic E-state index is 0.133. The van der Waals surface area contributed by atoms with Crippen molar-refractivity contribution in [2.24, 2.45) is 0 Å². The van der Waals surface area contributed by atoms with Gasteiger partial charge in [-0.15, -0.1) is 0 Å². The number of hydrogen-bond donors (Lipinski definition) is 0. The molecule has 1 saturated heterocycles. The fourth-order valence-electron chi connectivity index (χ4n) is 4.00. The molecule has 3 aromatic rings. The van der Waals surface area contributed by atoms with E-state index in [2.05, 4.69) is 6.07 Å². The van der Waals surface area contributed by atoms with E-state index in [1.54, 1.807) is 54.5 Å². The number of amides is 1. The summed E-state index contributed by atoms with van der Waals surface area (Å²) >= 11 is 0. The van der Waals surface area contributed by atoms with E-state index >= 15 is 0 Å². The van der Waals surface area contributed by atoms with E-state index in [1.807, 2.05) is 18.2 Å². The Kier molecular flexibility index (Phi) is 5.87. The number of ether oxygens (including phenoxy) is 1. The molecule has 32 heavy (non-hydrogen) atoms. The molecule has 1 atom stereocenters. The summed E-state index contributed by atoms with van der Waals surface area (Å²) in [4.78, 5) is 14.8. The number of nitrogens with zero attached hydrogens (tertiary/aromatic N) is 3. The number of carbonyl (C=O) groups is 1. The molecule has 0 spiro atoms. The highest BCUT2D eigenvalue weighted by Gasteiger charge is 2.39. The molecule has 0 saturated carbocycles. The Morgan fingerprint density at radius 3 is 2.66 bits per heavy atom. The zero-order chi connectivity index (χ0) is 22.9. The third-order valence-electron chi connectivity index (χ3n) is 5.83. The molecule has 4 rings (SSSR count). The van der Waals surface area contributed by atoms with Crippen LogP contribution in [0.15, 0.2) is 65.6 Å². The lowest BCUT2D eigenvalue weighted by atomic mass is 10.1. The SMILES string of the molecule is COc1ccc2ccc(S(=O)(=O)N(C)[C@H]3CCN(Cc4cccc(C#N)c4)C3=O)cc2c1. The van der Waals surface area contributed by atoms with Crippen molar-refractivity contribution in [3.8, 4) is 11.8 Å². The van der Waals surface area contributed by atoms with Gasteiger partial charge in [0.05, 0.1) is 23.6 Å². The van der Waals surface area contributed by atoms with Crippen LogP contribution in [-0.4, -0.2) is 50.3 Å². The van der Waals surface area contributed by atoms with Gasteiger partial charge in [0.1, 0.15) is 11.8 Å². The summed E-state index contributed by atoms with van der Waals surface area (Å²) in [6, 6.07) is 18.8. The average molecular weight is 450 g/mol. The van der Waals surface area contributed by atoms with Gasteiger partial charge in [0, 0.05) is 20.1 Å². The number of rotatable bonds is 6. The maximum atomic E-state index is 13.3. The number of carbonyl (C=O) groups excluding carboxylic acids is 1. The fourth-order valence-corrected chi connectivity index (χ4v) is 5.38. The van der Waals surface area contributed by atoms with Crippen LogP contribution in [0.1, 0.15) is 17.5 Å². The number of hydrogen-bond acceptors (Lipinski definition) is 5. The Hall–Kier alpha value is -3.41. The standard InChI is InChI=1S/C24H23N3O4S/c1-26(23-10-11-27(24(23)28)16-18-5-3-4-17(12-18)15-25)32(29,30)22-9-7-19-6-8-21(31-2)13-20(19)14-22/h3-9,12-14,23H,10-11,16H2,1-2H3/t23-/m0/s1. The number of benzene rings is 3. The van der Waals surface area contributed by atoms with E-state index in [9.17, 15) is 13.2 Å². The van der Waals surface area contributed by atoms with E-state index < -0.39 is 16.1 Å². The van der Waals surface area contributed by atoms with Crippen LogP contribution in [-0.2, 0) is 21.4 Å². The van der Waals surface area contributed by atoms with Gasteiger partial charge in [-0.1, -0.05) is 24.3 Å². The van der Waals surface area contributed by atoms with Crippen LogP contribution >= 0.6 is 0 Å². The van der Waals surface area contributed by atoms with Crippen molar-refractivity contribution in [1.29, 1.82) is 5.26 Å². The molecular formula is C24H23N3O4S. The molecule has 1 fully saturated rings. The van der Waals surface area contributed by atoms with Gasteiger partial charge in [-0.25, -0.2) is 8.42 Å². The molecule has 1 amide bonds. The Morgan fingerprint density at radius 2 is 1.91 bits per heavy atom. The van der Waals surface area contributed by atoms with Gasteiger partial charge in [-0.2, -0.15) is 9.57 Å². The van der Waals surface area contributed by atoms with Crippen LogP contribution in [0.2, 0.25) is 0 Å². The van der Waals surface area contributed by atoms with Gasteiger partial charge in [-0.05, 0) is 59.2 Å². The zero-order valence-corrected chi connectivity index (χ0v) is 18.7. The Labute approximate surface area is 187 Å². The summed E-state index contributed by atoms with van der Waals surface area (Å²) in [6.07, 6.45) is 0.411. The molecule has 0 aromatic heterocycles. The maximum absolute atomic E-state index is 13.3. The predicted molar refractivity (Wildman–Crippen MR) is 120 cm³/mol. The minimum atomic E-state index is -3.87. The van der Waals surface area contributed by atoms with E-state index in [0.29, 0.717) is 30.8 Å². The van der Waals surface area contributed by atoms with Crippen LogP contribution in [0.3, 0.4) is 0 Å². The number of sulfonamides is 1. The quantitative estimate of drug-likeness (QED) is 0.577. The summed E-state index contributed by atoms with van der Waals surface area (Å²) in [7, 11) is -0.860. The predicted octanol–water partition coefficient (Wildman–Crippen LogP) is 3.14. The minimum Gasteiger partial charge on any atom is -0.497 e. The second kappa shape index (κ2) is 8.61. The highest BCUT2D eigenvalue weighted by atomic mass is 32.2. The average Bonchev–Trinajstić information content (AvgIpc) is 3.17. The van der Waals surface area contributed by atoms with E-state index in [0.717, 1.165) is 16.3 Å². The molecule has 8 heteroatoms. The normalized spacial score (nSPS) is 16.5. The number of likely N-dealkylation sites (tertiary alicyclic amines) is 1. The summed E-state index contributed by atoms with van der Waals surface area (Å²) < 4.78 is 33.0. The molecule has 0 aliphatic carbocycles. The highest BCUT2D eigenvalue weighted by molar-refractivity contribution is 7.89. The topological polar surface area (TPSA) is 90.7 Å². The molecule has 0 radical (unpaired) electrons. The first-order valence-electron chi connectivity index (χ1n) is 10.2. The van der Waals surface area contributed by atoms with Crippen LogP contribution in [0, 0.1) is 11.3 Å². The van der Waals surface area contributed by atoms with Crippen LogP contribution in [0.4, 0.5) is 0 Å². The molecule has 0 unspecified atom stereocenters. The second-order valence-electron chi connectivity index (χ2n) is 7.77. The van der Waals surface area contributed by atoms with Gasteiger partial charge in [0.25, 0.3) is 0 Å². The van der Waals surface area contributed by atoms with Crippen molar-refractivity contribution in [3.05, 3.63) is 71.8 Å². The Morgan fingerprint density at radius 1 is 1.12 bits per heavy atom. The third kappa shape index (κ3) is 4.05. The van der Waals surface area contributed by atoms with Crippen molar-refractivity contribution in [2.75, 3.05) is 20.7 Å². The Balaban J connectivity index is 1.55. The molecule has 1 aliphatic heterocycles. The van der Waals surface area contributed by atoms with E-state index in [1.165, 1.54) is 11.4 Å². The Bertz CT molecular complexity index is 1330. The molecular weight excluding hydrogens is 426 g/mol. The van der Waals surface area contributed by atoms with E-state index in [4.69, 9.17) is 10.00 Å². The molecule has 164 valence electrons. The van der Waals surface area contributed by atoms with Crippen molar-refractivity contribution in [1.82, 2.24) is 9.21 Å². The summed E-state index contributed by atoms with van der Waals surface area (Å²) in [5.41, 5.74) is 1.37. The summed E-state index contributed by atoms with van der Waals surface area (Å²) in [5, 5.41) is 10.7. The second-order valence-corrected chi connectivity index (χ2v) is 9.77. The van der Waals surface area contributed by atoms with Gasteiger partial charge in [0.2, 0.25) is 15.9 Å². The summed E-state index contributed by atoms with van der Waals surface area (Å²) in [6.45, 7) is 0.795. The zero-order valence-electron chi connectivity index (χ0n) is 17.9. The highest BCUT2D eigenvalue weighted by Crippen LogP contribution is 2.28. The first-order valence-corrected chi connectivity index (χ1v) is 11.6. The number of methoxy groups -OCH3 is 1. The monoisotopic (exact) mass is 449 g/mol. The number of nitriles is 1. The van der Waals surface area contributed by atoms with Crippen LogP contribution < -0.4 is 4.74 Å². The molecule has 1 aliphatic rings. The first-order chi connectivity index (χ1) is 15.3. The van der Waals surface area contributed by atoms with Gasteiger partial charge in [-0.3, -0.25) is 4.79 Å². The van der Waals surface area contributed by atoms with Crippen molar-refractivity contribution in [2.45, 2.75) is 23.9 Å². The van der Waals surface area contributed by atoms with E-state index in [-0.39, 0.29) is 10.8 Å². The third-order valence-corrected chi connectivity index (χ3v) is 7.70. The van der Waals surface area contributed by atoms with Gasteiger partial charge >= 0.3 is 0 Å².